The van der Waals surface area contributed by atoms with Gasteiger partial charge in [-0.25, -0.2) is 9.97 Å². The fourth-order valence-electron chi connectivity index (χ4n) is 1.31. The zero-order chi connectivity index (χ0) is 10.7. The minimum Gasteiger partial charge on any atom is -0.476 e. The number of hydrogen-bond donors (Lipinski definition) is 1. The molecule has 0 unspecified atom stereocenters. The van der Waals surface area contributed by atoms with Crippen LogP contribution in [0.2, 0.25) is 0 Å². The monoisotopic (exact) mass is 207 g/mol. The molecule has 0 aromatic carbocycles. The number of ether oxygens (including phenoxy) is 1. The molecule has 2 rings (SSSR count). The van der Waals surface area contributed by atoms with Crippen LogP contribution in [0, 0.1) is 0 Å². The van der Waals surface area contributed by atoms with E-state index >= 15 is 0 Å². The van der Waals surface area contributed by atoms with Gasteiger partial charge in [-0.3, -0.25) is 4.68 Å². The molecule has 2 aromatic rings. The molecule has 6 heteroatoms. The Bertz CT molecular complexity index is 453. The first-order chi connectivity index (χ1) is 7.33. The molecular formula is C9H13N5O. The van der Waals surface area contributed by atoms with Crippen molar-refractivity contribution in [3.63, 3.8) is 0 Å². The zero-order valence-electron chi connectivity index (χ0n) is 8.77. The SMILES string of the molecule is CNCCOc1ncnc2c1cnn2C. The number of aromatic nitrogens is 4. The van der Waals surface area contributed by atoms with Crippen molar-refractivity contribution in [3.8, 4) is 5.88 Å². The number of hydrogen-bond acceptors (Lipinski definition) is 5. The first-order valence-corrected chi connectivity index (χ1v) is 4.73. The van der Waals surface area contributed by atoms with E-state index in [2.05, 4.69) is 20.4 Å². The Balaban J connectivity index is 2.26. The van der Waals surface area contributed by atoms with Crippen LogP contribution in [-0.4, -0.2) is 39.9 Å². The maximum atomic E-state index is 5.51. The number of nitrogens with zero attached hydrogens (tertiary/aromatic N) is 4. The van der Waals surface area contributed by atoms with Crippen LogP contribution in [0.1, 0.15) is 0 Å². The van der Waals surface area contributed by atoms with Gasteiger partial charge in [0.15, 0.2) is 5.65 Å². The summed E-state index contributed by atoms with van der Waals surface area (Å²) in [5.74, 6) is 0.586. The summed E-state index contributed by atoms with van der Waals surface area (Å²) in [6, 6.07) is 0. The topological polar surface area (TPSA) is 64.9 Å². The van der Waals surface area contributed by atoms with Gasteiger partial charge in [0.25, 0.3) is 0 Å². The normalized spacial score (nSPS) is 10.8. The molecule has 0 saturated heterocycles. The summed E-state index contributed by atoms with van der Waals surface area (Å²) in [6.45, 7) is 1.36. The lowest BCUT2D eigenvalue weighted by Crippen LogP contribution is -2.16. The standard InChI is InChI=1S/C9H13N5O/c1-10-3-4-15-9-7-5-13-14(2)8(7)11-6-12-9/h5-6,10H,3-4H2,1-2H3. The van der Waals surface area contributed by atoms with Crippen LogP contribution in [0.25, 0.3) is 11.0 Å². The highest BCUT2D eigenvalue weighted by Gasteiger charge is 2.07. The van der Waals surface area contributed by atoms with E-state index in [1.807, 2.05) is 14.1 Å². The van der Waals surface area contributed by atoms with Gasteiger partial charge in [-0.2, -0.15) is 5.10 Å². The third-order valence-electron chi connectivity index (χ3n) is 2.08. The number of aryl methyl sites for hydroxylation is 1. The number of rotatable bonds is 4. The molecule has 0 fully saturated rings. The predicted molar refractivity (Wildman–Crippen MR) is 55.7 cm³/mol. The minimum absolute atomic E-state index is 0.581. The van der Waals surface area contributed by atoms with Crippen molar-refractivity contribution in [2.24, 2.45) is 7.05 Å². The van der Waals surface area contributed by atoms with Crippen molar-refractivity contribution < 1.29 is 4.74 Å². The van der Waals surface area contributed by atoms with Crippen molar-refractivity contribution in [2.75, 3.05) is 20.2 Å². The lowest BCUT2D eigenvalue weighted by molar-refractivity contribution is 0.310. The van der Waals surface area contributed by atoms with Gasteiger partial charge in [0, 0.05) is 13.6 Å². The second-order valence-electron chi connectivity index (χ2n) is 3.14. The Morgan fingerprint density at radius 2 is 2.33 bits per heavy atom. The summed E-state index contributed by atoms with van der Waals surface area (Å²) < 4.78 is 7.20. The quantitative estimate of drug-likeness (QED) is 0.713. The van der Waals surface area contributed by atoms with Crippen LogP contribution in [0.4, 0.5) is 0 Å². The summed E-state index contributed by atoms with van der Waals surface area (Å²) in [5, 5.41) is 7.95. The van der Waals surface area contributed by atoms with E-state index in [9.17, 15) is 0 Å². The molecule has 0 amide bonds. The largest absolute Gasteiger partial charge is 0.476 e. The van der Waals surface area contributed by atoms with E-state index in [0.29, 0.717) is 12.5 Å². The number of fused-ring (bicyclic) bond motifs is 1. The minimum atomic E-state index is 0.581. The Labute approximate surface area is 87.3 Å². The molecule has 0 radical (unpaired) electrons. The van der Waals surface area contributed by atoms with Gasteiger partial charge in [-0.1, -0.05) is 0 Å². The number of likely N-dealkylation sites (N-methyl/N-ethyl adjacent to an activating group) is 1. The maximum Gasteiger partial charge on any atom is 0.227 e. The van der Waals surface area contributed by atoms with Gasteiger partial charge >= 0.3 is 0 Å². The molecule has 0 aliphatic carbocycles. The van der Waals surface area contributed by atoms with E-state index < -0.39 is 0 Å². The van der Waals surface area contributed by atoms with Gasteiger partial charge in [-0.05, 0) is 7.05 Å². The van der Waals surface area contributed by atoms with Crippen LogP contribution in [0.3, 0.4) is 0 Å². The van der Waals surface area contributed by atoms with Gasteiger partial charge in [0.1, 0.15) is 18.3 Å². The van der Waals surface area contributed by atoms with Crippen molar-refractivity contribution >= 4 is 11.0 Å². The molecule has 15 heavy (non-hydrogen) atoms. The molecule has 0 aliphatic heterocycles. The molecule has 6 nitrogen and oxygen atoms in total. The van der Waals surface area contributed by atoms with E-state index in [4.69, 9.17) is 4.74 Å². The second kappa shape index (κ2) is 4.22. The van der Waals surface area contributed by atoms with Crippen LogP contribution in [0.5, 0.6) is 5.88 Å². The van der Waals surface area contributed by atoms with Gasteiger partial charge in [0.2, 0.25) is 5.88 Å². The molecule has 1 N–H and O–H groups in total. The summed E-state index contributed by atoms with van der Waals surface area (Å²) in [5.41, 5.74) is 0.782. The molecule has 0 atom stereocenters. The predicted octanol–water partition coefficient (Wildman–Crippen LogP) is -0.0385. The van der Waals surface area contributed by atoms with E-state index in [1.165, 1.54) is 6.33 Å². The summed E-state index contributed by atoms with van der Waals surface area (Å²) in [4.78, 5) is 8.20. The van der Waals surface area contributed by atoms with Crippen LogP contribution in [0.15, 0.2) is 12.5 Å². The van der Waals surface area contributed by atoms with Crippen LogP contribution in [-0.2, 0) is 7.05 Å². The van der Waals surface area contributed by atoms with Crippen molar-refractivity contribution in [1.82, 2.24) is 25.1 Å². The molecule has 0 bridgehead atoms. The highest BCUT2D eigenvalue weighted by Crippen LogP contribution is 2.19. The first-order valence-electron chi connectivity index (χ1n) is 4.73. The van der Waals surface area contributed by atoms with Gasteiger partial charge < -0.3 is 10.1 Å². The Hall–Kier alpha value is -1.69. The van der Waals surface area contributed by atoms with E-state index in [1.54, 1.807) is 10.9 Å². The fourth-order valence-corrected chi connectivity index (χ4v) is 1.31. The molecule has 0 spiro atoms. The fraction of sp³-hybridized carbons (Fsp3) is 0.444. The first kappa shape index (κ1) is 9.85. The average molecular weight is 207 g/mol. The summed E-state index contributed by atoms with van der Waals surface area (Å²) in [7, 11) is 3.72. The average Bonchev–Trinajstić information content (AvgIpc) is 2.62. The van der Waals surface area contributed by atoms with Crippen molar-refractivity contribution in [1.29, 1.82) is 0 Å². The highest BCUT2D eigenvalue weighted by atomic mass is 16.5. The lowest BCUT2D eigenvalue weighted by atomic mass is 10.4. The van der Waals surface area contributed by atoms with Crippen LogP contribution < -0.4 is 10.1 Å². The van der Waals surface area contributed by atoms with Crippen molar-refractivity contribution in [3.05, 3.63) is 12.5 Å². The third kappa shape index (κ3) is 1.89. The lowest BCUT2D eigenvalue weighted by Gasteiger charge is -2.04. The molecular weight excluding hydrogens is 194 g/mol. The highest BCUT2D eigenvalue weighted by molar-refractivity contribution is 5.79. The Morgan fingerprint density at radius 1 is 1.47 bits per heavy atom. The molecule has 2 aromatic heterocycles. The molecule has 80 valence electrons. The Kier molecular flexibility index (Phi) is 2.77. The summed E-state index contributed by atoms with van der Waals surface area (Å²) >= 11 is 0. The van der Waals surface area contributed by atoms with E-state index in [-0.39, 0.29) is 0 Å². The maximum absolute atomic E-state index is 5.51. The third-order valence-corrected chi connectivity index (χ3v) is 2.08. The molecule has 0 aliphatic rings. The van der Waals surface area contributed by atoms with E-state index in [0.717, 1.165) is 17.6 Å². The zero-order valence-corrected chi connectivity index (χ0v) is 8.77. The summed E-state index contributed by atoms with van der Waals surface area (Å²) in [6.07, 6.45) is 3.20. The van der Waals surface area contributed by atoms with Crippen LogP contribution >= 0.6 is 0 Å². The molecule has 0 saturated carbocycles. The smallest absolute Gasteiger partial charge is 0.227 e. The van der Waals surface area contributed by atoms with Crippen molar-refractivity contribution in [2.45, 2.75) is 0 Å². The van der Waals surface area contributed by atoms with Gasteiger partial charge in [-0.15, -0.1) is 0 Å². The molecule has 2 heterocycles. The Morgan fingerprint density at radius 3 is 3.13 bits per heavy atom. The van der Waals surface area contributed by atoms with Gasteiger partial charge in [0.05, 0.1) is 6.20 Å². The second-order valence-corrected chi connectivity index (χ2v) is 3.14. The number of nitrogens with one attached hydrogen (secondary N) is 1.